The number of anilines is 2. The molecule has 5 aromatic rings. The van der Waals surface area contributed by atoms with Gasteiger partial charge in [-0.2, -0.15) is 0 Å². The Balaban J connectivity index is 1.47. The Bertz CT molecular complexity index is 1230. The molecule has 130 valence electrons. The van der Waals surface area contributed by atoms with Gasteiger partial charge in [-0.1, -0.05) is 54.1 Å². The molecule has 0 fully saturated rings. The van der Waals surface area contributed by atoms with E-state index in [0.29, 0.717) is 0 Å². The van der Waals surface area contributed by atoms with Gasteiger partial charge in [-0.25, -0.2) is 0 Å². The zero-order chi connectivity index (χ0) is 18.2. The summed E-state index contributed by atoms with van der Waals surface area (Å²) in [6.45, 7) is 2.10. The van der Waals surface area contributed by atoms with E-state index in [1.165, 1.54) is 16.7 Å². The van der Waals surface area contributed by atoms with Gasteiger partial charge in [0, 0.05) is 22.1 Å². The zero-order valence-corrected chi connectivity index (χ0v) is 15.1. The number of benzene rings is 4. The molecular weight excluding hydrogens is 330 g/mol. The first-order valence-corrected chi connectivity index (χ1v) is 9.12. The SMILES string of the molecule is Cc1ccc(Nc2ccc(-c3ccc4oc5ccccc5c4c3)cc2)cc1. The highest BCUT2D eigenvalue weighted by Gasteiger charge is 2.08. The molecule has 1 heterocycles. The molecule has 0 saturated carbocycles. The van der Waals surface area contributed by atoms with Crippen LogP contribution < -0.4 is 5.32 Å². The van der Waals surface area contributed by atoms with Crippen LogP contribution in [0.25, 0.3) is 33.1 Å². The van der Waals surface area contributed by atoms with Crippen LogP contribution in [0, 0.1) is 6.92 Å². The molecule has 2 nitrogen and oxygen atoms in total. The van der Waals surface area contributed by atoms with E-state index in [9.17, 15) is 0 Å². The predicted molar refractivity (Wildman–Crippen MR) is 114 cm³/mol. The van der Waals surface area contributed by atoms with Gasteiger partial charge >= 0.3 is 0 Å². The molecular formula is C25H19NO. The third-order valence-electron chi connectivity index (χ3n) is 4.94. The average molecular weight is 349 g/mol. The summed E-state index contributed by atoms with van der Waals surface area (Å²) in [5, 5.41) is 5.76. The van der Waals surface area contributed by atoms with Gasteiger partial charge in [0.05, 0.1) is 0 Å². The molecule has 0 amide bonds. The number of para-hydroxylation sites is 1. The first kappa shape index (κ1) is 15.7. The van der Waals surface area contributed by atoms with Crippen LogP contribution in [0.5, 0.6) is 0 Å². The summed E-state index contributed by atoms with van der Waals surface area (Å²) >= 11 is 0. The standard InChI is InChI=1S/C25H19NO/c1-17-6-11-20(12-7-17)26-21-13-8-18(9-14-21)19-10-15-25-23(16-19)22-4-2-3-5-24(22)27-25/h2-16,26H,1H3. The number of fused-ring (bicyclic) bond motifs is 3. The summed E-state index contributed by atoms with van der Waals surface area (Å²) in [5.74, 6) is 0. The van der Waals surface area contributed by atoms with Gasteiger partial charge in [0.15, 0.2) is 0 Å². The molecule has 0 radical (unpaired) electrons. The molecule has 0 spiro atoms. The Morgan fingerprint density at radius 1 is 0.593 bits per heavy atom. The Morgan fingerprint density at radius 2 is 1.22 bits per heavy atom. The molecule has 0 aliphatic heterocycles. The number of rotatable bonds is 3. The summed E-state index contributed by atoms with van der Waals surface area (Å²) < 4.78 is 5.93. The van der Waals surface area contributed by atoms with Crippen molar-refractivity contribution in [2.24, 2.45) is 0 Å². The first-order chi connectivity index (χ1) is 13.3. The molecule has 1 aromatic heterocycles. The second-order valence-corrected chi connectivity index (χ2v) is 6.88. The van der Waals surface area contributed by atoms with Gasteiger partial charge in [0.1, 0.15) is 11.2 Å². The average Bonchev–Trinajstić information content (AvgIpc) is 3.08. The molecule has 0 saturated heterocycles. The lowest BCUT2D eigenvalue weighted by atomic mass is 10.0. The Hall–Kier alpha value is -3.52. The van der Waals surface area contributed by atoms with E-state index in [4.69, 9.17) is 4.42 Å². The highest BCUT2D eigenvalue weighted by atomic mass is 16.3. The van der Waals surface area contributed by atoms with Crippen molar-refractivity contribution in [1.29, 1.82) is 0 Å². The maximum atomic E-state index is 5.93. The van der Waals surface area contributed by atoms with E-state index in [1.54, 1.807) is 0 Å². The number of furan rings is 1. The lowest BCUT2D eigenvalue weighted by Gasteiger charge is -2.08. The van der Waals surface area contributed by atoms with Crippen molar-refractivity contribution in [2.75, 3.05) is 5.32 Å². The van der Waals surface area contributed by atoms with E-state index >= 15 is 0 Å². The van der Waals surface area contributed by atoms with Crippen molar-refractivity contribution >= 4 is 33.3 Å². The zero-order valence-electron chi connectivity index (χ0n) is 15.1. The van der Waals surface area contributed by atoms with Gasteiger partial charge in [0.2, 0.25) is 0 Å². The second-order valence-electron chi connectivity index (χ2n) is 6.88. The third-order valence-corrected chi connectivity index (χ3v) is 4.94. The maximum absolute atomic E-state index is 5.93. The number of hydrogen-bond acceptors (Lipinski definition) is 2. The minimum atomic E-state index is 0.928. The van der Waals surface area contributed by atoms with Crippen LogP contribution in [0.3, 0.4) is 0 Å². The summed E-state index contributed by atoms with van der Waals surface area (Å²) in [5.41, 5.74) is 7.68. The lowest BCUT2D eigenvalue weighted by molar-refractivity contribution is 0.669. The number of aryl methyl sites for hydroxylation is 1. The van der Waals surface area contributed by atoms with Crippen LogP contribution >= 0.6 is 0 Å². The topological polar surface area (TPSA) is 25.2 Å². The summed E-state index contributed by atoms with van der Waals surface area (Å²) in [7, 11) is 0. The minimum Gasteiger partial charge on any atom is -0.456 e. The highest BCUT2D eigenvalue weighted by Crippen LogP contribution is 2.32. The van der Waals surface area contributed by atoms with Crippen LogP contribution in [0.1, 0.15) is 5.56 Å². The van der Waals surface area contributed by atoms with E-state index < -0.39 is 0 Å². The largest absolute Gasteiger partial charge is 0.456 e. The molecule has 2 heteroatoms. The maximum Gasteiger partial charge on any atom is 0.135 e. The van der Waals surface area contributed by atoms with Crippen molar-refractivity contribution < 1.29 is 4.42 Å². The first-order valence-electron chi connectivity index (χ1n) is 9.12. The van der Waals surface area contributed by atoms with Gasteiger partial charge in [-0.3, -0.25) is 0 Å². The van der Waals surface area contributed by atoms with E-state index in [1.807, 2.05) is 12.1 Å². The molecule has 0 aliphatic rings. The molecule has 5 rings (SSSR count). The van der Waals surface area contributed by atoms with Crippen molar-refractivity contribution in [1.82, 2.24) is 0 Å². The quantitative estimate of drug-likeness (QED) is 0.369. The Morgan fingerprint density at radius 3 is 2.00 bits per heavy atom. The van der Waals surface area contributed by atoms with Crippen molar-refractivity contribution in [3.63, 3.8) is 0 Å². The van der Waals surface area contributed by atoms with Crippen LogP contribution in [0.2, 0.25) is 0 Å². The fraction of sp³-hybridized carbons (Fsp3) is 0.0400. The van der Waals surface area contributed by atoms with Crippen molar-refractivity contribution in [3.8, 4) is 11.1 Å². The summed E-state index contributed by atoms with van der Waals surface area (Å²) in [6, 6.07) is 31.5. The second kappa shape index (κ2) is 6.33. The van der Waals surface area contributed by atoms with Crippen LogP contribution in [0.15, 0.2) is 95.4 Å². The molecule has 0 aliphatic carbocycles. The van der Waals surface area contributed by atoms with Crippen molar-refractivity contribution in [2.45, 2.75) is 6.92 Å². The predicted octanol–water partition coefficient (Wildman–Crippen LogP) is 7.31. The van der Waals surface area contributed by atoms with E-state index in [-0.39, 0.29) is 0 Å². The third kappa shape index (κ3) is 2.96. The van der Waals surface area contributed by atoms with Gasteiger partial charge in [0.25, 0.3) is 0 Å². The van der Waals surface area contributed by atoms with Gasteiger partial charge in [-0.15, -0.1) is 0 Å². The van der Waals surface area contributed by atoms with Gasteiger partial charge in [-0.05, 0) is 60.5 Å². The monoisotopic (exact) mass is 349 g/mol. The molecule has 0 atom stereocenters. The fourth-order valence-corrected chi connectivity index (χ4v) is 3.46. The van der Waals surface area contributed by atoms with E-state index in [2.05, 4.69) is 91.1 Å². The highest BCUT2D eigenvalue weighted by molar-refractivity contribution is 6.06. The van der Waals surface area contributed by atoms with E-state index in [0.717, 1.165) is 33.3 Å². The molecule has 0 bridgehead atoms. The molecule has 1 N–H and O–H groups in total. The van der Waals surface area contributed by atoms with Crippen LogP contribution in [0.4, 0.5) is 11.4 Å². The smallest absolute Gasteiger partial charge is 0.135 e. The van der Waals surface area contributed by atoms with Crippen LogP contribution in [-0.2, 0) is 0 Å². The number of nitrogens with one attached hydrogen (secondary N) is 1. The Kier molecular flexibility index (Phi) is 3.68. The summed E-state index contributed by atoms with van der Waals surface area (Å²) in [6.07, 6.45) is 0. The molecule has 27 heavy (non-hydrogen) atoms. The number of hydrogen-bond donors (Lipinski definition) is 1. The van der Waals surface area contributed by atoms with Crippen LogP contribution in [-0.4, -0.2) is 0 Å². The normalized spacial score (nSPS) is 11.1. The van der Waals surface area contributed by atoms with Crippen molar-refractivity contribution in [3.05, 3.63) is 96.6 Å². The summed E-state index contributed by atoms with van der Waals surface area (Å²) in [4.78, 5) is 0. The van der Waals surface area contributed by atoms with Gasteiger partial charge < -0.3 is 9.73 Å². The fourth-order valence-electron chi connectivity index (χ4n) is 3.46. The Labute approximate surface area is 158 Å². The molecule has 0 unspecified atom stereocenters. The molecule has 4 aromatic carbocycles. The lowest BCUT2D eigenvalue weighted by Crippen LogP contribution is -1.90. The minimum absolute atomic E-state index is 0.928.